The molecule has 0 bridgehead atoms. The second kappa shape index (κ2) is 8.64. The third kappa shape index (κ3) is 4.37. The predicted molar refractivity (Wildman–Crippen MR) is 112 cm³/mol. The summed E-state index contributed by atoms with van der Waals surface area (Å²) in [6.07, 6.45) is 1.99. The molecule has 0 aliphatic carbocycles. The molecule has 0 aromatic heterocycles. The van der Waals surface area contributed by atoms with E-state index in [0.717, 1.165) is 25.2 Å². The summed E-state index contributed by atoms with van der Waals surface area (Å²) < 4.78 is 0. The van der Waals surface area contributed by atoms with E-state index in [1.54, 1.807) is 6.92 Å². The summed E-state index contributed by atoms with van der Waals surface area (Å²) in [6, 6.07) is 19.9. The van der Waals surface area contributed by atoms with Crippen LogP contribution in [0.5, 0.6) is 0 Å². The van der Waals surface area contributed by atoms with Crippen molar-refractivity contribution in [3.8, 4) is 0 Å². The highest BCUT2D eigenvalue weighted by Crippen LogP contribution is 2.33. The average Bonchev–Trinajstić information content (AvgIpc) is 2.67. The molecule has 1 heterocycles. The fraction of sp³-hybridized carbons (Fsp3) is 0.375. The van der Waals surface area contributed by atoms with Crippen molar-refractivity contribution in [2.75, 3.05) is 19.6 Å². The maximum Gasteiger partial charge on any atom is 0.159 e. The van der Waals surface area contributed by atoms with Gasteiger partial charge in [0.05, 0.1) is 6.04 Å². The van der Waals surface area contributed by atoms with Gasteiger partial charge in [-0.2, -0.15) is 0 Å². The Morgan fingerprint density at radius 1 is 1.04 bits per heavy atom. The molecule has 3 rings (SSSR count). The number of ketones is 1. The van der Waals surface area contributed by atoms with Crippen LogP contribution in [-0.2, 0) is 0 Å². The maximum atomic E-state index is 11.7. The maximum absolute atomic E-state index is 11.7. The molecular weight excluding hydrogens is 332 g/mol. The minimum Gasteiger partial charge on any atom is -0.295 e. The Bertz CT molecular complexity index is 769. The molecule has 2 aromatic rings. The number of Topliss-reactive ketones (excluding diaryl/α,β-unsaturated/α-hetero) is 1. The van der Waals surface area contributed by atoms with E-state index in [1.165, 1.54) is 11.1 Å². The van der Waals surface area contributed by atoms with Crippen LogP contribution in [0.3, 0.4) is 0 Å². The van der Waals surface area contributed by atoms with E-state index in [-0.39, 0.29) is 11.8 Å². The smallest absolute Gasteiger partial charge is 0.159 e. The number of nitrogens with zero attached hydrogens (tertiary/aromatic N) is 2. The van der Waals surface area contributed by atoms with Crippen LogP contribution in [0.25, 0.3) is 0 Å². The summed E-state index contributed by atoms with van der Waals surface area (Å²) in [5.74, 6) is 0.109. The van der Waals surface area contributed by atoms with Crippen molar-refractivity contribution in [3.63, 3.8) is 0 Å². The Hall–Kier alpha value is -2.23. The Morgan fingerprint density at radius 2 is 1.67 bits per heavy atom. The second-order valence-electron chi connectivity index (χ2n) is 7.63. The number of carbonyl (C=O) groups excluding carboxylic acids is 1. The lowest BCUT2D eigenvalue weighted by Crippen LogP contribution is -2.57. The second-order valence-corrected chi connectivity index (χ2v) is 7.63. The molecule has 0 amide bonds. The van der Waals surface area contributed by atoms with Crippen LogP contribution < -0.4 is 0 Å². The summed E-state index contributed by atoms with van der Waals surface area (Å²) in [5, 5.41) is 0. The molecule has 1 fully saturated rings. The molecule has 1 aliphatic heterocycles. The molecule has 0 spiro atoms. The summed E-state index contributed by atoms with van der Waals surface area (Å²) in [5.41, 5.74) is 3.30. The first-order valence-corrected chi connectivity index (χ1v) is 9.77. The lowest BCUT2D eigenvalue weighted by atomic mass is 9.92. The normalized spacial score (nSPS) is 22.3. The molecule has 1 saturated heterocycles. The number of rotatable bonds is 6. The standard InChI is InChI=1S/C24H30N2O/c1-5-15-25-16-19(3)26(17-18(25)2)24(22-9-7-6-8-10-22)23-13-11-21(12-14-23)20(4)27/h5-14,18-19,24H,1,15-17H2,2-4H3/t18-,19+,24-/m1/s1. The number of benzene rings is 2. The van der Waals surface area contributed by atoms with E-state index in [0.29, 0.717) is 12.1 Å². The van der Waals surface area contributed by atoms with Gasteiger partial charge in [-0.05, 0) is 31.9 Å². The topological polar surface area (TPSA) is 23.6 Å². The highest BCUT2D eigenvalue weighted by Gasteiger charge is 2.34. The summed E-state index contributed by atoms with van der Waals surface area (Å²) in [7, 11) is 0. The number of hydrogen-bond donors (Lipinski definition) is 0. The van der Waals surface area contributed by atoms with Gasteiger partial charge in [0, 0.05) is 37.3 Å². The summed E-state index contributed by atoms with van der Waals surface area (Å²) in [4.78, 5) is 16.8. The highest BCUT2D eigenvalue weighted by atomic mass is 16.1. The molecule has 142 valence electrons. The first kappa shape index (κ1) is 19.5. The molecule has 0 N–H and O–H groups in total. The molecule has 0 saturated carbocycles. The number of carbonyl (C=O) groups is 1. The average molecular weight is 363 g/mol. The van der Waals surface area contributed by atoms with Gasteiger partial charge in [-0.1, -0.05) is 60.7 Å². The molecule has 27 heavy (non-hydrogen) atoms. The van der Waals surface area contributed by atoms with Crippen LogP contribution >= 0.6 is 0 Å². The van der Waals surface area contributed by atoms with Crippen LogP contribution in [-0.4, -0.2) is 47.3 Å². The fourth-order valence-corrected chi connectivity index (χ4v) is 4.12. The Morgan fingerprint density at radius 3 is 2.26 bits per heavy atom. The zero-order valence-electron chi connectivity index (χ0n) is 16.6. The summed E-state index contributed by atoms with van der Waals surface area (Å²) >= 11 is 0. The predicted octanol–water partition coefficient (Wildman–Crippen LogP) is 4.56. The van der Waals surface area contributed by atoms with Crippen LogP contribution in [0.15, 0.2) is 67.3 Å². The number of piperazine rings is 1. The third-order valence-electron chi connectivity index (χ3n) is 5.61. The van der Waals surface area contributed by atoms with Crippen molar-refractivity contribution < 1.29 is 4.79 Å². The zero-order valence-corrected chi connectivity index (χ0v) is 16.6. The van der Waals surface area contributed by atoms with E-state index in [1.807, 2.05) is 18.2 Å². The van der Waals surface area contributed by atoms with Crippen molar-refractivity contribution in [2.24, 2.45) is 0 Å². The zero-order chi connectivity index (χ0) is 19.4. The van der Waals surface area contributed by atoms with E-state index in [2.05, 4.69) is 72.7 Å². The quantitative estimate of drug-likeness (QED) is 0.556. The van der Waals surface area contributed by atoms with Gasteiger partial charge < -0.3 is 0 Å². The minimum atomic E-state index is 0.109. The van der Waals surface area contributed by atoms with Gasteiger partial charge in [0.15, 0.2) is 5.78 Å². The van der Waals surface area contributed by atoms with Gasteiger partial charge in [-0.15, -0.1) is 6.58 Å². The SMILES string of the molecule is C=CCN1C[C@H](C)N([C@H](c2ccccc2)c2ccc(C(C)=O)cc2)C[C@H]1C. The van der Waals surface area contributed by atoms with Crippen LogP contribution in [0.2, 0.25) is 0 Å². The van der Waals surface area contributed by atoms with Crippen molar-refractivity contribution in [1.82, 2.24) is 9.80 Å². The van der Waals surface area contributed by atoms with E-state index >= 15 is 0 Å². The molecule has 2 aromatic carbocycles. The van der Waals surface area contributed by atoms with Crippen molar-refractivity contribution in [3.05, 3.63) is 83.9 Å². The largest absolute Gasteiger partial charge is 0.295 e. The fourth-order valence-electron chi connectivity index (χ4n) is 4.12. The van der Waals surface area contributed by atoms with Crippen LogP contribution in [0.4, 0.5) is 0 Å². The van der Waals surface area contributed by atoms with Crippen molar-refractivity contribution in [2.45, 2.75) is 38.9 Å². The molecule has 1 aliphatic rings. The molecule has 3 atom stereocenters. The molecule has 3 heteroatoms. The monoisotopic (exact) mass is 362 g/mol. The van der Waals surface area contributed by atoms with Crippen molar-refractivity contribution >= 4 is 5.78 Å². The van der Waals surface area contributed by atoms with E-state index < -0.39 is 0 Å². The molecule has 0 radical (unpaired) electrons. The van der Waals surface area contributed by atoms with Gasteiger partial charge in [0.2, 0.25) is 0 Å². The molecular formula is C24H30N2O. The van der Waals surface area contributed by atoms with Gasteiger partial charge in [-0.3, -0.25) is 14.6 Å². The first-order valence-electron chi connectivity index (χ1n) is 9.77. The Balaban J connectivity index is 1.95. The van der Waals surface area contributed by atoms with Crippen LogP contribution in [0.1, 0.15) is 48.3 Å². The number of hydrogen-bond acceptors (Lipinski definition) is 3. The lowest BCUT2D eigenvalue weighted by Gasteiger charge is -2.47. The van der Waals surface area contributed by atoms with Gasteiger partial charge >= 0.3 is 0 Å². The van der Waals surface area contributed by atoms with Crippen LogP contribution in [0, 0.1) is 0 Å². The van der Waals surface area contributed by atoms with E-state index in [9.17, 15) is 4.79 Å². The van der Waals surface area contributed by atoms with Crippen molar-refractivity contribution in [1.29, 1.82) is 0 Å². The van der Waals surface area contributed by atoms with Gasteiger partial charge in [-0.25, -0.2) is 0 Å². The Labute approximate surface area is 163 Å². The third-order valence-corrected chi connectivity index (χ3v) is 5.61. The van der Waals surface area contributed by atoms with E-state index in [4.69, 9.17) is 0 Å². The van der Waals surface area contributed by atoms with Gasteiger partial charge in [0.1, 0.15) is 0 Å². The lowest BCUT2D eigenvalue weighted by molar-refractivity contribution is 0.0306. The molecule has 3 nitrogen and oxygen atoms in total. The molecule has 0 unspecified atom stereocenters. The first-order chi connectivity index (χ1) is 13.0. The summed E-state index contributed by atoms with van der Waals surface area (Å²) in [6.45, 7) is 13.1. The Kier molecular flexibility index (Phi) is 6.25. The van der Waals surface area contributed by atoms with Gasteiger partial charge in [0.25, 0.3) is 0 Å². The highest BCUT2D eigenvalue weighted by molar-refractivity contribution is 5.94. The minimum absolute atomic E-state index is 0.109.